The molecule has 0 spiro atoms. The van der Waals surface area contributed by atoms with E-state index in [9.17, 15) is 22.8 Å². The van der Waals surface area contributed by atoms with Crippen LogP contribution >= 0.6 is 0 Å². The lowest BCUT2D eigenvalue weighted by atomic mass is 10.1. The van der Waals surface area contributed by atoms with Crippen LogP contribution in [0.4, 0.5) is 23.8 Å². The second kappa shape index (κ2) is 6.66. The highest BCUT2D eigenvalue weighted by Crippen LogP contribution is 2.32. The van der Waals surface area contributed by atoms with Crippen molar-refractivity contribution in [2.45, 2.75) is 18.6 Å². The Hall–Kier alpha value is -3.36. The number of pyridine rings is 2. The number of aromatic amines is 1. The summed E-state index contributed by atoms with van der Waals surface area (Å²) in [5, 5.41) is 0.870. The lowest BCUT2D eigenvalue weighted by Crippen LogP contribution is -2.44. The quantitative estimate of drug-likeness (QED) is 0.745. The lowest BCUT2D eigenvalue weighted by Gasteiger charge is -2.22. The molecule has 1 N–H and O–H groups in total. The zero-order valence-corrected chi connectivity index (χ0v) is 14.4. The van der Waals surface area contributed by atoms with Crippen LogP contribution < -0.4 is 10.5 Å². The van der Waals surface area contributed by atoms with Crippen molar-refractivity contribution in [1.82, 2.24) is 9.97 Å². The summed E-state index contributed by atoms with van der Waals surface area (Å²) < 4.78 is 43.7. The van der Waals surface area contributed by atoms with Gasteiger partial charge in [0.1, 0.15) is 12.4 Å². The van der Waals surface area contributed by atoms with Crippen molar-refractivity contribution >= 4 is 22.8 Å². The minimum absolute atomic E-state index is 0.152. The van der Waals surface area contributed by atoms with Crippen LogP contribution in [0.25, 0.3) is 10.9 Å². The van der Waals surface area contributed by atoms with Crippen LogP contribution in [0, 0.1) is 0 Å². The van der Waals surface area contributed by atoms with Gasteiger partial charge in [-0.25, -0.2) is 14.7 Å². The number of nitrogens with one attached hydrogen (secondary N) is 1. The third kappa shape index (κ3) is 3.30. The van der Waals surface area contributed by atoms with E-state index in [2.05, 4.69) is 14.7 Å². The van der Waals surface area contributed by atoms with E-state index in [1.807, 2.05) is 18.2 Å². The number of nitrogens with zero attached hydrogens (tertiary/aromatic N) is 2. The van der Waals surface area contributed by atoms with Gasteiger partial charge in [-0.3, -0.25) is 4.79 Å². The number of para-hydroxylation sites is 1. The zero-order valence-electron chi connectivity index (χ0n) is 14.4. The van der Waals surface area contributed by atoms with Crippen LogP contribution in [0.2, 0.25) is 0 Å². The van der Waals surface area contributed by atoms with Gasteiger partial charge in [0.15, 0.2) is 6.04 Å². The molecule has 0 radical (unpaired) electrons. The van der Waals surface area contributed by atoms with Crippen LogP contribution in [-0.2, 0) is 11.2 Å². The van der Waals surface area contributed by atoms with E-state index in [1.54, 1.807) is 12.1 Å². The molecule has 0 aliphatic carbocycles. The molecule has 1 fully saturated rings. The highest BCUT2D eigenvalue weighted by Gasteiger charge is 2.51. The van der Waals surface area contributed by atoms with E-state index in [-0.39, 0.29) is 17.8 Å². The van der Waals surface area contributed by atoms with Crippen molar-refractivity contribution in [1.29, 1.82) is 0 Å². The molecule has 1 aliphatic heterocycles. The maximum Gasteiger partial charge on any atom is 0.416 e. The molecule has 1 aromatic carbocycles. The molecule has 0 bridgehead atoms. The molecule has 1 amide bonds. The summed E-state index contributed by atoms with van der Waals surface area (Å²) in [4.78, 5) is 31.2. The Morgan fingerprint density at radius 3 is 2.68 bits per heavy atom. The van der Waals surface area contributed by atoms with E-state index in [0.717, 1.165) is 10.9 Å². The van der Waals surface area contributed by atoms with E-state index in [4.69, 9.17) is 0 Å². The molecular formula is C19H14F3N3O3. The monoisotopic (exact) mass is 389 g/mol. The van der Waals surface area contributed by atoms with Gasteiger partial charge in [-0.2, -0.15) is 13.2 Å². The second-order valence-electron chi connectivity index (χ2n) is 6.42. The average Bonchev–Trinajstić information content (AvgIpc) is 3.05. The SMILES string of the molecule is O=C1OC[C@H](C(F)(F)F)N1c1ccc(Cc2cc3ccccc3[nH]c2=O)cn1. The van der Waals surface area contributed by atoms with Gasteiger partial charge in [-0.05, 0) is 29.1 Å². The first kappa shape index (κ1) is 18.0. The number of fused-ring (bicyclic) bond motifs is 1. The van der Waals surface area contributed by atoms with Crippen LogP contribution in [-0.4, -0.2) is 34.9 Å². The van der Waals surface area contributed by atoms with E-state index < -0.39 is 24.9 Å². The number of rotatable bonds is 3. The fraction of sp³-hybridized carbons (Fsp3) is 0.211. The number of carbonyl (C=O) groups excluding carboxylic acids is 1. The Morgan fingerprint density at radius 2 is 1.96 bits per heavy atom. The first-order chi connectivity index (χ1) is 13.3. The minimum Gasteiger partial charge on any atom is -0.447 e. The molecule has 1 atom stereocenters. The predicted octanol–water partition coefficient (Wildman–Crippen LogP) is 3.40. The van der Waals surface area contributed by atoms with Crippen molar-refractivity contribution < 1.29 is 22.7 Å². The first-order valence-electron chi connectivity index (χ1n) is 8.41. The van der Waals surface area contributed by atoms with Gasteiger partial charge in [-0.1, -0.05) is 24.3 Å². The highest BCUT2D eigenvalue weighted by molar-refractivity contribution is 5.89. The normalized spacial score (nSPS) is 17.2. The van der Waals surface area contributed by atoms with Gasteiger partial charge in [0, 0.05) is 23.7 Å². The van der Waals surface area contributed by atoms with E-state index >= 15 is 0 Å². The fourth-order valence-corrected chi connectivity index (χ4v) is 3.12. The zero-order chi connectivity index (χ0) is 19.9. The highest BCUT2D eigenvalue weighted by atomic mass is 19.4. The Labute approximate surface area is 156 Å². The smallest absolute Gasteiger partial charge is 0.416 e. The Morgan fingerprint density at radius 1 is 1.18 bits per heavy atom. The molecule has 0 unspecified atom stereocenters. The summed E-state index contributed by atoms with van der Waals surface area (Å²) in [6, 6.07) is 9.88. The number of hydrogen-bond donors (Lipinski definition) is 1. The summed E-state index contributed by atoms with van der Waals surface area (Å²) in [7, 11) is 0. The molecule has 3 heterocycles. The molecule has 4 rings (SSSR count). The first-order valence-corrected chi connectivity index (χ1v) is 8.41. The summed E-state index contributed by atoms with van der Waals surface area (Å²) >= 11 is 0. The Kier molecular flexibility index (Phi) is 4.29. The number of H-pyrrole nitrogens is 1. The van der Waals surface area contributed by atoms with Crippen molar-refractivity contribution in [2.75, 3.05) is 11.5 Å². The number of amides is 1. The molecule has 28 heavy (non-hydrogen) atoms. The number of halogens is 3. The average molecular weight is 389 g/mol. The third-order valence-corrected chi connectivity index (χ3v) is 4.53. The molecule has 2 aromatic heterocycles. The molecular weight excluding hydrogens is 375 g/mol. The number of carbonyl (C=O) groups is 1. The standard InChI is InChI=1S/C19H14F3N3O3/c20-19(21,22)15-10-28-18(27)25(15)16-6-5-11(9-23-16)7-13-8-12-3-1-2-4-14(12)24-17(13)26/h1-6,8-9,15H,7,10H2,(H,24,26)/t15-/m1/s1. The lowest BCUT2D eigenvalue weighted by molar-refractivity contribution is -0.147. The molecule has 0 saturated carbocycles. The second-order valence-corrected chi connectivity index (χ2v) is 6.42. The van der Waals surface area contributed by atoms with Gasteiger partial charge in [-0.15, -0.1) is 0 Å². The predicted molar refractivity (Wildman–Crippen MR) is 95.3 cm³/mol. The maximum atomic E-state index is 13.1. The number of cyclic esters (lactones) is 1. The van der Waals surface area contributed by atoms with Crippen molar-refractivity contribution in [2.24, 2.45) is 0 Å². The summed E-state index contributed by atoms with van der Waals surface area (Å²) in [6.07, 6.45) is -4.11. The molecule has 3 aromatic rings. The molecule has 6 nitrogen and oxygen atoms in total. The van der Waals surface area contributed by atoms with Crippen LogP contribution in [0.5, 0.6) is 0 Å². The fourth-order valence-electron chi connectivity index (χ4n) is 3.12. The Bertz CT molecular complexity index is 1090. The third-order valence-electron chi connectivity index (χ3n) is 4.53. The van der Waals surface area contributed by atoms with Crippen molar-refractivity contribution in [3.63, 3.8) is 0 Å². The minimum atomic E-state index is -4.62. The van der Waals surface area contributed by atoms with E-state index in [1.165, 1.54) is 18.3 Å². The largest absolute Gasteiger partial charge is 0.447 e. The van der Waals surface area contributed by atoms with Gasteiger partial charge >= 0.3 is 12.3 Å². The summed E-state index contributed by atoms with van der Waals surface area (Å²) in [5.41, 5.74) is 1.60. The molecule has 1 saturated heterocycles. The van der Waals surface area contributed by atoms with Crippen LogP contribution in [0.1, 0.15) is 11.1 Å². The number of anilines is 1. The summed E-state index contributed by atoms with van der Waals surface area (Å²) in [6.45, 7) is -0.766. The molecule has 1 aliphatic rings. The Balaban J connectivity index is 1.60. The van der Waals surface area contributed by atoms with Gasteiger partial charge < -0.3 is 9.72 Å². The van der Waals surface area contributed by atoms with Gasteiger partial charge in [0.25, 0.3) is 5.56 Å². The number of aromatic nitrogens is 2. The summed E-state index contributed by atoms with van der Waals surface area (Å²) in [5.74, 6) is -0.152. The van der Waals surface area contributed by atoms with Crippen LogP contribution in [0.15, 0.2) is 53.5 Å². The maximum absolute atomic E-state index is 13.1. The topological polar surface area (TPSA) is 75.3 Å². The number of benzene rings is 1. The number of ether oxygens (including phenoxy) is 1. The van der Waals surface area contributed by atoms with Crippen molar-refractivity contribution in [3.8, 4) is 0 Å². The van der Waals surface area contributed by atoms with E-state index in [0.29, 0.717) is 16.0 Å². The van der Waals surface area contributed by atoms with Gasteiger partial charge in [0.05, 0.1) is 0 Å². The van der Waals surface area contributed by atoms with Crippen LogP contribution in [0.3, 0.4) is 0 Å². The molecule has 144 valence electrons. The number of alkyl halides is 3. The van der Waals surface area contributed by atoms with Crippen molar-refractivity contribution in [3.05, 3.63) is 70.1 Å². The molecule has 9 heteroatoms. The number of hydrogen-bond acceptors (Lipinski definition) is 4. The van der Waals surface area contributed by atoms with Gasteiger partial charge in [0.2, 0.25) is 0 Å².